The zero-order valence-corrected chi connectivity index (χ0v) is 13.8. The zero-order valence-electron chi connectivity index (χ0n) is 13.8. The molecule has 0 atom stereocenters. The maximum atomic E-state index is 6.13. The zero-order chi connectivity index (χ0) is 16.7. The van der Waals surface area contributed by atoms with E-state index in [-0.39, 0.29) is 0 Å². The van der Waals surface area contributed by atoms with Crippen molar-refractivity contribution in [2.75, 3.05) is 5.73 Å². The smallest absolute Gasteiger partial charge is 0.160 e. The van der Waals surface area contributed by atoms with Crippen LogP contribution >= 0.6 is 0 Å². The van der Waals surface area contributed by atoms with E-state index in [9.17, 15) is 0 Å². The van der Waals surface area contributed by atoms with Crippen molar-refractivity contribution < 1.29 is 0 Å². The summed E-state index contributed by atoms with van der Waals surface area (Å²) >= 11 is 0. The largest absolute Gasteiger partial charge is 0.396 e. The quantitative estimate of drug-likeness (QED) is 0.574. The number of aryl methyl sites for hydroxylation is 2. The van der Waals surface area contributed by atoms with E-state index in [1.165, 1.54) is 11.1 Å². The van der Waals surface area contributed by atoms with Crippen LogP contribution in [0, 0.1) is 13.8 Å². The van der Waals surface area contributed by atoms with Crippen LogP contribution in [0.3, 0.4) is 0 Å². The van der Waals surface area contributed by atoms with Gasteiger partial charge in [0.15, 0.2) is 5.65 Å². The average molecular weight is 313 g/mol. The molecule has 0 amide bonds. The van der Waals surface area contributed by atoms with Crippen LogP contribution in [-0.2, 0) is 0 Å². The lowest BCUT2D eigenvalue weighted by Crippen LogP contribution is -1.95. The van der Waals surface area contributed by atoms with Gasteiger partial charge < -0.3 is 10.1 Å². The number of hydrogen-bond acceptors (Lipinski definition) is 2. The van der Waals surface area contributed by atoms with Crippen molar-refractivity contribution in [3.05, 3.63) is 78.1 Å². The molecule has 0 unspecified atom stereocenters. The van der Waals surface area contributed by atoms with Gasteiger partial charge in [0.05, 0.1) is 11.4 Å². The molecular formula is C21H19N3. The summed E-state index contributed by atoms with van der Waals surface area (Å²) in [6.07, 6.45) is 2.08. The van der Waals surface area contributed by atoms with Crippen molar-refractivity contribution in [3.8, 4) is 22.4 Å². The summed E-state index contributed by atoms with van der Waals surface area (Å²) in [6.45, 7) is 4.13. The van der Waals surface area contributed by atoms with Crippen LogP contribution in [0.25, 0.3) is 28.0 Å². The van der Waals surface area contributed by atoms with Crippen LogP contribution in [0.2, 0.25) is 0 Å². The van der Waals surface area contributed by atoms with Crippen molar-refractivity contribution in [1.29, 1.82) is 0 Å². The standard InChI is InChI=1S/C21H19N3/c1-14-12-19(22)21-23-20(15(2)24(21)13-14)18-10-8-17(9-11-18)16-6-4-3-5-7-16/h3-13H,22H2,1-2H3. The fourth-order valence-corrected chi connectivity index (χ4v) is 3.15. The number of pyridine rings is 1. The van der Waals surface area contributed by atoms with Crippen LogP contribution in [0.4, 0.5) is 5.69 Å². The molecule has 0 aliphatic carbocycles. The Morgan fingerprint density at radius 3 is 2.17 bits per heavy atom. The molecule has 3 nitrogen and oxygen atoms in total. The minimum absolute atomic E-state index is 0.713. The average Bonchev–Trinajstić information content (AvgIpc) is 2.93. The summed E-state index contributed by atoms with van der Waals surface area (Å²) in [6, 6.07) is 20.9. The highest BCUT2D eigenvalue weighted by molar-refractivity contribution is 5.75. The van der Waals surface area contributed by atoms with Gasteiger partial charge in [-0.1, -0.05) is 54.6 Å². The Morgan fingerprint density at radius 1 is 0.833 bits per heavy atom. The lowest BCUT2D eigenvalue weighted by Gasteiger charge is -2.04. The number of hydrogen-bond donors (Lipinski definition) is 1. The van der Waals surface area contributed by atoms with E-state index >= 15 is 0 Å². The highest BCUT2D eigenvalue weighted by Crippen LogP contribution is 2.29. The number of nitrogen functional groups attached to an aromatic ring is 1. The number of imidazole rings is 1. The van der Waals surface area contributed by atoms with Gasteiger partial charge >= 0.3 is 0 Å². The maximum Gasteiger partial charge on any atom is 0.160 e. The van der Waals surface area contributed by atoms with Crippen molar-refractivity contribution in [3.63, 3.8) is 0 Å². The number of benzene rings is 2. The summed E-state index contributed by atoms with van der Waals surface area (Å²) in [5.74, 6) is 0. The second-order valence-electron chi connectivity index (χ2n) is 6.16. The van der Waals surface area contributed by atoms with Gasteiger partial charge in [-0.05, 0) is 36.6 Å². The van der Waals surface area contributed by atoms with E-state index in [0.717, 1.165) is 28.2 Å². The van der Waals surface area contributed by atoms with Crippen molar-refractivity contribution in [2.45, 2.75) is 13.8 Å². The Labute approximate surface area is 141 Å². The molecule has 2 N–H and O–H groups in total. The number of fused-ring (bicyclic) bond motifs is 1. The van der Waals surface area contributed by atoms with Gasteiger partial charge in [0.2, 0.25) is 0 Å². The van der Waals surface area contributed by atoms with Gasteiger partial charge in [-0.3, -0.25) is 0 Å². The molecule has 3 heteroatoms. The molecule has 0 bridgehead atoms. The first-order valence-corrected chi connectivity index (χ1v) is 8.04. The van der Waals surface area contributed by atoms with E-state index in [2.05, 4.69) is 66.1 Å². The van der Waals surface area contributed by atoms with Gasteiger partial charge in [0.1, 0.15) is 0 Å². The number of nitrogens with zero attached hydrogens (tertiary/aromatic N) is 2. The summed E-state index contributed by atoms with van der Waals surface area (Å²) in [5, 5.41) is 0. The summed E-state index contributed by atoms with van der Waals surface area (Å²) in [4.78, 5) is 4.76. The Balaban J connectivity index is 1.81. The number of nitrogens with two attached hydrogens (primary N) is 1. The molecule has 2 aromatic carbocycles. The Kier molecular flexibility index (Phi) is 3.35. The van der Waals surface area contributed by atoms with Gasteiger partial charge in [-0.2, -0.15) is 0 Å². The molecule has 24 heavy (non-hydrogen) atoms. The number of aromatic nitrogens is 2. The molecule has 4 aromatic rings. The second-order valence-corrected chi connectivity index (χ2v) is 6.16. The summed E-state index contributed by atoms with van der Waals surface area (Å²) in [7, 11) is 0. The third kappa shape index (κ3) is 2.35. The molecule has 118 valence electrons. The maximum absolute atomic E-state index is 6.13. The molecule has 0 spiro atoms. The van der Waals surface area contributed by atoms with E-state index < -0.39 is 0 Å². The Bertz CT molecular complexity index is 1010. The van der Waals surface area contributed by atoms with Crippen molar-refractivity contribution in [1.82, 2.24) is 9.38 Å². The van der Waals surface area contributed by atoms with E-state index in [1.54, 1.807) is 0 Å². The van der Waals surface area contributed by atoms with Crippen LogP contribution in [-0.4, -0.2) is 9.38 Å². The minimum Gasteiger partial charge on any atom is -0.396 e. The third-order valence-corrected chi connectivity index (χ3v) is 4.39. The highest BCUT2D eigenvalue weighted by Gasteiger charge is 2.12. The van der Waals surface area contributed by atoms with Crippen molar-refractivity contribution in [2.24, 2.45) is 0 Å². The molecule has 2 heterocycles. The van der Waals surface area contributed by atoms with Crippen LogP contribution in [0.5, 0.6) is 0 Å². The predicted octanol–water partition coefficient (Wildman–Crippen LogP) is 4.87. The van der Waals surface area contributed by atoms with Gasteiger partial charge in [0.25, 0.3) is 0 Å². The van der Waals surface area contributed by atoms with Crippen molar-refractivity contribution >= 4 is 11.3 Å². The van der Waals surface area contributed by atoms with Crippen LogP contribution < -0.4 is 5.73 Å². The topological polar surface area (TPSA) is 43.3 Å². The molecule has 0 radical (unpaired) electrons. The van der Waals surface area contributed by atoms with Gasteiger partial charge in [0, 0.05) is 17.5 Å². The molecule has 0 saturated carbocycles. The Morgan fingerprint density at radius 2 is 1.46 bits per heavy atom. The molecule has 0 aliphatic rings. The van der Waals surface area contributed by atoms with E-state index in [4.69, 9.17) is 10.7 Å². The predicted molar refractivity (Wildman–Crippen MR) is 100.0 cm³/mol. The van der Waals surface area contributed by atoms with E-state index in [1.807, 2.05) is 19.1 Å². The van der Waals surface area contributed by atoms with E-state index in [0.29, 0.717) is 5.69 Å². The molecule has 2 aromatic heterocycles. The first-order valence-electron chi connectivity index (χ1n) is 8.04. The van der Waals surface area contributed by atoms with Crippen LogP contribution in [0.1, 0.15) is 11.3 Å². The second kappa shape index (κ2) is 5.53. The fraction of sp³-hybridized carbons (Fsp3) is 0.0952. The summed E-state index contributed by atoms with van der Waals surface area (Å²) in [5.41, 5.74) is 14.4. The SMILES string of the molecule is Cc1cc(N)c2nc(-c3ccc(-c4ccccc4)cc3)c(C)n2c1. The number of rotatable bonds is 2. The highest BCUT2D eigenvalue weighted by atomic mass is 15.0. The molecular weight excluding hydrogens is 294 g/mol. The first kappa shape index (κ1) is 14.5. The lowest BCUT2D eigenvalue weighted by molar-refractivity contribution is 1.09. The molecule has 0 fully saturated rings. The fourth-order valence-electron chi connectivity index (χ4n) is 3.15. The lowest BCUT2D eigenvalue weighted by atomic mass is 10.0. The number of anilines is 1. The first-order chi connectivity index (χ1) is 11.6. The van der Waals surface area contributed by atoms with Gasteiger partial charge in [-0.15, -0.1) is 0 Å². The summed E-state index contributed by atoms with van der Waals surface area (Å²) < 4.78 is 2.07. The van der Waals surface area contributed by atoms with Gasteiger partial charge in [-0.25, -0.2) is 4.98 Å². The third-order valence-electron chi connectivity index (χ3n) is 4.39. The monoisotopic (exact) mass is 313 g/mol. The molecule has 4 rings (SSSR count). The Hall–Kier alpha value is -3.07. The normalized spacial score (nSPS) is 11.1. The molecule has 0 aliphatic heterocycles. The van der Waals surface area contributed by atoms with Crippen LogP contribution in [0.15, 0.2) is 66.9 Å². The minimum atomic E-state index is 0.713. The molecule has 0 saturated heterocycles.